The lowest BCUT2D eigenvalue weighted by atomic mass is 10.0. The Balaban J connectivity index is 2.07. The molecule has 1 unspecified atom stereocenters. The number of ether oxygens (including phenoxy) is 1. The fourth-order valence-electron chi connectivity index (χ4n) is 2.68. The van der Waals surface area contributed by atoms with Gasteiger partial charge < -0.3 is 15.0 Å². The second kappa shape index (κ2) is 6.75. The Kier molecular flexibility index (Phi) is 5.01. The first kappa shape index (κ1) is 14.9. The van der Waals surface area contributed by atoms with E-state index in [0.717, 1.165) is 49.4 Å². The number of amides is 1. The van der Waals surface area contributed by atoms with Gasteiger partial charge in [-0.15, -0.1) is 0 Å². The molecule has 1 heterocycles. The Hall–Kier alpha value is -1.55. The van der Waals surface area contributed by atoms with Crippen molar-refractivity contribution in [2.75, 3.05) is 39.2 Å². The van der Waals surface area contributed by atoms with Gasteiger partial charge in [-0.3, -0.25) is 4.79 Å². The van der Waals surface area contributed by atoms with Crippen LogP contribution in [-0.2, 0) is 4.74 Å². The SMILES string of the molecule is CNc1ccc(C)cc1C(=O)N(C)CC1CCCOC1. The third kappa shape index (κ3) is 3.51. The minimum Gasteiger partial charge on any atom is -0.387 e. The summed E-state index contributed by atoms with van der Waals surface area (Å²) in [5.74, 6) is 0.532. The van der Waals surface area contributed by atoms with Gasteiger partial charge in [0.2, 0.25) is 0 Å². The van der Waals surface area contributed by atoms with Crippen molar-refractivity contribution in [2.45, 2.75) is 19.8 Å². The van der Waals surface area contributed by atoms with Gasteiger partial charge in [0.15, 0.2) is 0 Å². The van der Waals surface area contributed by atoms with Crippen LogP contribution < -0.4 is 5.32 Å². The van der Waals surface area contributed by atoms with Crippen LogP contribution in [0.25, 0.3) is 0 Å². The van der Waals surface area contributed by atoms with Gasteiger partial charge in [-0.05, 0) is 37.8 Å². The van der Waals surface area contributed by atoms with Crippen LogP contribution in [0.4, 0.5) is 5.69 Å². The maximum absolute atomic E-state index is 12.6. The number of carbonyl (C=O) groups is 1. The molecule has 1 aliphatic heterocycles. The topological polar surface area (TPSA) is 41.6 Å². The van der Waals surface area contributed by atoms with E-state index in [1.54, 1.807) is 0 Å². The van der Waals surface area contributed by atoms with E-state index in [0.29, 0.717) is 5.92 Å². The molecule has 0 spiro atoms. The Morgan fingerprint density at radius 2 is 2.30 bits per heavy atom. The highest BCUT2D eigenvalue weighted by atomic mass is 16.5. The number of benzene rings is 1. The molecule has 1 saturated heterocycles. The van der Waals surface area contributed by atoms with Gasteiger partial charge >= 0.3 is 0 Å². The predicted octanol–water partition coefficient (Wildman–Crippen LogP) is 2.54. The Labute approximate surface area is 121 Å². The van der Waals surface area contributed by atoms with Crippen molar-refractivity contribution in [3.8, 4) is 0 Å². The van der Waals surface area contributed by atoms with Crippen LogP contribution >= 0.6 is 0 Å². The molecule has 1 aliphatic rings. The molecule has 0 saturated carbocycles. The molecule has 20 heavy (non-hydrogen) atoms. The number of carbonyl (C=O) groups excluding carboxylic acids is 1. The summed E-state index contributed by atoms with van der Waals surface area (Å²) in [4.78, 5) is 14.4. The number of anilines is 1. The van der Waals surface area contributed by atoms with Gasteiger partial charge in [-0.2, -0.15) is 0 Å². The molecule has 1 N–H and O–H groups in total. The summed E-state index contributed by atoms with van der Waals surface area (Å²) in [5, 5.41) is 3.09. The van der Waals surface area contributed by atoms with Gasteiger partial charge in [-0.25, -0.2) is 0 Å². The summed E-state index contributed by atoms with van der Waals surface area (Å²) in [6.45, 7) is 4.39. The van der Waals surface area contributed by atoms with Crippen molar-refractivity contribution in [1.29, 1.82) is 0 Å². The van der Waals surface area contributed by atoms with E-state index in [1.165, 1.54) is 0 Å². The highest BCUT2D eigenvalue weighted by Crippen LogP contribution is 2.20. The second-order valence-corrected chi connectivity index (χ2v) is 5.57. The molecule has 0 aromatic heterocycles. The summed E-state index contributed by atoms with van der Waals surface area (Å²) < 4.78 is 5.48. The van der Waals surface area contributed by atoms with Crippen molar-refractivity contribution < 1.29 is 9.53 Å². The molecule has 1 amide bonds. The van der Waals surface area contributed by atoms with Gasteiger partial charge in [0.25, 0.3) is 5.91 Å². The maximum atomic E-state index is 12.6. The minimum atomic E-state index is 0.0728. The lowest BCUT2D eigenvalue weighted by Crippen LogP contribution is -2.35. The molecule has 2 rings (SSSR count). The van der Waals surface area contributed by atoms with Crippen LogP contribution in [0, 0.1) is 12.8 Å². The van der Waals surface area contributed by atoms with E-state index in [9.17, 15) is 4.79 Å². The van der Waals surface area contributed by atoms with Crippen molar-refractivity contribution in [3.63, 3.8) is 0 Å². The molecule has 1 aromatic carbocycles. The molecule has 1 atom stereocenters. The van der Waals surface area contributed by atoms with Crippen LogP contribution in [0.5, 0.6) is 0 Å². The van der Waals surface area contributed by atoms with Gasteiger partial charge in [0.05, 0.1) is 12.2 Å². The summed E-state index contributed by atoms with van der Waals surface area (Å²) in [7, 11) is 3.72. The first-order valence-electron chi connectivity index (χ1n) is 7.23. The molecule has 0 aliphatic carbocycles. The van der Waals surface area contributed by atoms with Gasteiger partial charge in [0.1, 0.15) is 0 Å². The highest BCUT2D eigenvalue weighted by Gasteiger charge is 2.21. The lowest BCUT2D eigenvalue weighted by Gasteiger charge is -2.27. The molecule has 0 bridgehead atoms. The second-order valence-electron chi connectivity index (χ2n) is 5.57. The van der Waals surface area contributed by atoms with E-state index in [2.05, 4.69) is 5.32 Å². The van der Waals surface area contributed by atoms with Gasteiger partial charge in [0, 0.05) is 32.9 Å². The number of rotatable bonds is 4. The van der Waals surface area contributed by atoms with E-state index in [1.807, 2.05) is 44.1 Å². The van der Waals surface area contributed by atoms with E-state index < -0.39 is 0 Å². The maximum Gasteiger partial charge on any atom is 0.255 e. The van der Waals surface area contributed by atoms with Crippen LogP contribution in [0.3, 0.4) is 0 Å². The average Bonchev–Trinajstić information content (AvgIpc) is 2.47. The zero-order valence-electron chi connectivity index (χ0n) is 12.6. The smallest absolute Gasteiger partial charge is 0.255 e. The standard InChI is InChI=1S/C16H24N2O2/c1-12-6-7-15(17-2)14(9-12)16(19)18(3)10-13-5-4-8-20-11-13/h6-7,9,13,17H,4-5,8,10-11H2,1-3H3. The Morgan fingerprint density at radius 1 is 1.50 bits per heavy atom. The summed E-state index contributed by atoms with van der Waals surface area (Å²) >= 11 is 0. The molecular formula is C16H24N2O2. The molecule has 1 fully saturated rings. The van der Waals surface area contributed by atoms with Crippen LogP contribution in [0.15, 0.2) is 18.2 Å². The third-order valence-electron chi connectivity index (χ3n) is 3.81. The fourth-order valence-corrected chi connectivity index (χ4v) is 2.68. The number of hydrogen-bond donors (Lipinski definition) is 1. The first-order chi connectivity index (χ1) is 9.61. The first-order valence-corrected chi connectivity index (χ1v) is 7.23. The van der Waals surface area contributed by atoms with E-state index in [-0.39, 0.29) is 5.91 Å². The highest BCUT2D eigenvalue weighted by molar-refractivity contribution is 5.99. The summed E-state index contributed by atoms with van der Waals surface area (Å²) in [5.41, 5.74) is 2.72. The summed E-state index contributed by atoms with van der Waals surface area (Å²) in [6, 6.07) is 5.92. The van der Waals surface area contributed by atoms with Crippen molar-refractivity contribution in [3.05, 3.63) is 29.3 Å². The van der Waals surface area contributed by atoms with E-state index >= 15 is 0 Å². The molecule has 110 valence electrons. The molecule has 1 aromatic rings. The fraction of sp³-hybridized carbons (Fsp3) is 0.562. The Bertz CT molecular complexity index is 468. The summed E-state index contributed by atoms with van der Waals surface area (Å²) in [6.07, 6.45) is 2.24. The van der Waals surface area contributed by atoms with Crippen LogP contribution in [-0.4, -0.2) is 44.7 Å². The zero-order chi connectivity index (χ0) is 14.5. The molecule has 4 heteroatoms. The molecule has 0 radical (unpaired) electrons. The minimum absolute atomic E-state index is 0.0728. The van der Waals surface area contributed by atoms with Crippen molar-refractivity contribution in [1.82, 2.24) is 4.90 Å². The Morgan fingerprint density at radius 3 is 2.95 bits per heavy atom. The largest absolute Gasteiger partial charge is 0.387 e. The third-order valence-corrected chi connectivity index (χ3v) is 3.81. The zero-order valence-corrected chi connectivity index (χ0v) is 12.6. The number of hydrogen-bond acceptors (Lipinski definition) is 3. The van der Waals surface area contributed by atoms with E-state index in [4.69, 9.17) is 4.74 Å². The average molecular weight is 276 g/mol. The quantitative estimate of drug-likeness (QED) is 0.919. The number of nitrogens with one attached hydrogen (secondary N) is 1. The van der Waals surface area contributed by atoms with Crippen LogP contribution in [0.2, 0.25) is 0 Å². The van der Waals surface area contributed by atoms with Crippen molar-refractivity contribution >= 4 is 11.6 Å². The van der Waals surface area contributed by atoms with Crippen molar-refractivity contribution in [2.24, 2.45) is 5.92 Å². The lowest BCUT2D eigenvalue weighted by molar-refractivity contribution is 0.0389. The number of aryl methyl sites for hydroxylation is 1. The molecule has 4 nitrogen and oxygen atoms in total. The normalized spacial score (nSPS) is 18.6. The molecular weight excluding hydrogens is 252 g/mol. The van der Waals surface area contributed by atoms with Crippen LogP contribution in [0.1, 0.15) is 28.8 Å². The monoisotopic (exact) mass is 276 g/mol. The van der Waals surface area contributed by atoms with Gasteiger partial charge in [-0.1, -0.05) is 11.6 Å². The number of nitrogens with zero attached hydrogens (tertiary/aromatic N) is 1. The predicted molar refractivity (Wildman–Crippen MR) is 81.2 cm³/mol.